The van der Waals surface area contributed by atoms with Crippen LogP contribution in [0.5, 0.6) is 0 Å². The molecule has 2 rings (SSSR count). The number of hydrogen-bond acceptors (Lipinski definition) is 7. The molecule has 0 unspecified atom stereocenters. The van der Waals surface area contributed by atoms with Gasteiger partial charge >= 0.3 is 0 Å². The number of sulfonamides is 1. The van der Waals surface area contributed by atoms with E-state index in [0.29, 0.717) is 5.69 Å². The Bertz CT molecular complexity index is 652. The van der Waals surface area contributed by atoms with Crippen LogP contribution in [0.4, 0.5) is 11.7 Å². The number of pyridine rings is 1. The third-order valence-electron chi connectivity index (χ3n) is 2.05. The first-order valence-electron chi connectivity index (χ1n) is 4.90. The molecule has 0 aliphatic heterocycles. The summed E-state index contributed by atoms with van der Waals surface area (Å²) in [5, 5.41) is 3.58. The van der Waals surface area contributed by atoms with Crippen molar-refractivity contribution in [2.45, 2.75) is 11.8 Å². The monoisotopic (exact) mass is 269 g/mol. The van der Waals surface area contributed by atoms with Crippen molar-refractivity contribution in [3.8, 4) is 0 Å². The molecule has 0 fully saturated rings. The molecule has 0 bridgehead atoms. The highest BCUT2D eigenvalue weighted by Crippen LogP contribution is 2.17. The molecule has 0 atom stereocenters. The lowest BCUT2D eigenvalue weighted by atomic mass is 10.5. The molecule has 0 aromatic carbocycles. The summed E-state index contributed by atoms with van der Waals surface area (Å²) in [6, 6.07) is 4.11. The fourth-order valence-corrected chi connectivity index (χ4v) is 2.25. The summed E-state index contributed by atoms with van der Waals surface area (Å²) in [6.07, 6.45) is 1.33. The molecule has 18 heavy (non-hydrogen) atoms. The van der Waals surface area contributed by atoms with Crippen LogP contribution in [0.1, 0.15) is 5.69 Å². The van der Waals surface area contributed by atoms with Gasteiger partial charge in [-0.05, 0) is 13.0 Å². The Morgan fingerprint density at radius 2 is 2.17 bits per heavy atom. The number of hydrogen-bond donors (Lipinski definition) is 3. The van der Waals surface area contributed by atoms with Gasteiger partial charge in [0.2, 0.25) is 5.88 Å². The molecule has 0 radical (unpaired) electrons. The van der Waals surface area contributed by atoms with Gasteiger partial charge in [0.05, 0.1) is 10.6 Å². The van der Waals surface area contributed by atoms with Gasteiger partial charge in [-0.3, -0.25) is 0 Å². The van der Waals surface area contributed by atoms with E-state index in [1.807, 2.05) is 0 Å². The summed E-state index contributed by atoms with van der Waals surface area (Å²) in [4.78, 5) is 3.83. The zero-order valence-corrected chi connectivity index (χ0v) is 10.2. The first kappa shape index (κ1) is 12.3. The van der Waals surface area contributed by atoms with Gasteiger partial charge in [-0.15, -0.1) is 0 Å². The highest BCUT2D eigenvalue weighted by molar-refractivity contribution is 7.92. The van der Waals surface area contributed by atoms with Crippen LogP contribution in [0, 0.1) is 6.92 Å². The number of aryl methyl sites for hydroxylation is 1. The Labute approximate surface area is 103 Å². The minimum atomic E-state index is -3.75. The van der Waals surface area contributed by atoms with Crippen LogP contribution in [-0.2, 0) is 10.0 Å². The van der Waals surface area contributed by atoms with Crippen molar-refractivity contribution in [3.63, 3.8) is 0 Å². The summed E-state index contributed by atoms with van der Waals surface area (Å²) < 4.78 is 31.0. The smallest absolute Gasteiger partial charge is 0.264 e. The number of nitrogens with two attached hydrogens (primary N) is 1. The molecular weight excluding hydrogens is 258 g/mol. The number of hydrazine groups is 1. The normalized spacial score (nSPS) is 11.2. The van der Waals surface area contributed by atoms with Crippen LogP contribution in [-0.4, -0.2) is 18.6 Å². The molecule has 0 spiro atoms. The first-order chi connectivity index (χ1) is 8.51. The van der Waals surface area contributed by atoms with Crippen molar-refractivity contribution in [2.75, 3.05) is 10.1 Å². The van der Waals surface area contributed by atoms with Crippen LogP contribution in [0.3, 0.4) is 0 Å². The van der Waals surface area contributed by atoms with Crippen molar-refractivity contribution >= 4 is 21.7 Å². The number of nitrogens with zero attached hydrogens (tertiary/aromatic N) is 2. The second kappa shape index (κ2) is 4.63. The molecule has 0 saturated heterocycles. The zero-order valence-electron chi connectivity index (χ0n) is 9.41. The summed E-state index contributed by atoms with van der Waals surface area (Å²) in [7, 11) is -3.75. The molecule has 0 amide bonds. The van der Waals surface area contributed by atoms with Crippen molar-refractivity contribution < 1.29 is 12.9 Å². The quantitative estimate of drug-likeness (QED) is 0.544. The molecule has 0 saturated carbocycles. The Kier molecular flexibility index (Phi) is 3.17. The molecule has 2 aromatic rings. The predicted octanol–water partition coefficient (Wildman–Crippen LogP) is 0.464. The molecule has 96 valence electrons. The highest BCUT2D eigenvalue weighted by Gasteiger charge is 2.17. The lowest BCUT2D eigenvalue weighted by molar-refractivity contribution is 0.430. The van der Waals surface area contributed by atoms with E-state index in [1.54, 1.807) is 6.92 Å². The first-order valence-corrected chi connectivity index (χ1v) is 6.38. The second-order valence-corrected chi connectivity index (χ2v) is 5.14. The van der Waals surface area contributed by atoms with E-state index in [-0.39, 0.29) is 16.6 Å². The summed E-state index contributed by atoms with van der Waals surface area (Å²) in [6.45, 7) is 1.68. The fraction of sp³-hybridized carbons (Fsp3) is 0.111. The van der Waals surface area contributed by atoms with Crippen LogP contribution < -0.4 is 16.0 Å². The molecule has 0 aliphatic carbocycles. The van der Waals surface area contributed by atoms with E-state index in [0.717, 1.165) is 0 Å². The predicted molar refractivity (Wildman–Crippen MR) is 64.1 cm³/mol. The van der Waals surface area contributed by atoms with E-state index in [4.69, 9.17) is 10.4 Å². The average Bonchev–Trinajstić information content (AvgIpc) is 2.74. The van der Waals surface area contributed by atoms with Crippen molar-refractivity contribution in [1.29, 1.82) is 0 Å². The fourth-order valence-electron chi connectivity index (χ4n) is 1.26. The topological polar surface area (TPSA) is 123 Å². The molecule has 8 nitrogen and oxygen atoms in total. The van der Waals surface area contributed by atoms with Crippen molar-refractivity contribution in [1.82, 2.24) is 10.1 Å². The van der Waals surface area contributed by atoms with E-state index >= 15 is 0 Å². The minimum Gasteiger partial charge on any atom is -0.338 e. The van der Waals surface area contributed by atoms with Gasteiger partial charge in [0.15, 0.2) is 0 Å². The Morgan fingerprint density at radius 1 is 1.39 bits per heavy atom. The van der Waals surface area contributed by atoms with Gasteiger partial charge in [-0.1, -0.05) is 5.16 Å². The Hall–Kier alpha value is -2.13. The van der Waals surface area contributed by atoms with Gasteiger partial charge in [0, 0.05) is 18.3 Å². The van der Waals surface area contributed by atoms with Gasteiger partial charge in [0.25, 0.3) is 10.0 Å². The third-order valence-corrected chi connectivity index (χ3v) is 3.40. The van der Waals surface area contributed by atoms with Crippen LogP contribution >= 0.6 is 0 Å². The van der Waals surface area contributed by atoms with Crippen molar-refractivity contribution in [2.24, 2.45) is 5.84 Å². The SMILES string of the molecule is Cc1cc(NS(=O)(=O)c2ccnc(NN)c2)on1. The standard InChI is InChI=1S/C9H11N5O3S/c1-6-4-9(17-13-6)14-18(15,16)7-2-3-11-8(5-7)12-10/h2-5,14H,10H2,1H3,(H,11,12). The number of rotatable bonds is 4. The molecule has 9 heteroatoms. The second-order valence-electron chi connectivity index (χ2n) is 3.46. The van der Waals surface area contributed by atoms with E-state index in [1.165, 1.54) is 24.4 Å². The summed E-state index contributed by atoms with van der Waals surface area (Å²) in [5.74, 6) is 5.45. The third kappa shape index (κ3) is 2.57. The Morgan fingerprint density at radius 3 is 2.78 bits per heavy atom. The molecule has 2 heterocycles. The van der Waals surface area contributed by atoms with Crippen molar-refractivity contribution in [3.05, 3.63) is 30.1 Å². The van der Waals surface area contributed by atoms with Gasteiger partial charge in [0.1, 0.15) is 5.82 Å². The summed E-state index contributed by atoms with van der Waals surface area (Å²) >= 11 is 0. The highest BCUT2D eigenvalue weighted by atomic mass is 32.2. The van der Waals surface area contributed by atoms with E-state index in [9.17, 15) is 8.42 Å². The number of nitrogen functional groups attached to an aromatic ring is 1. The number of aromatic nitrogens is 2. The molecular formula is C9H11N5O3S. The maximum atomic E-state index is 12.0. The number of anilines is 2. The average molecular weight is 269 g/mol. The van der Waals surface area contributed by atoms with Crippen LogP contribution in [0.2, 0.25) is 0 Å². The summed E-state index contributed by atoms with van der Waals surface area (Å²) in [5.41, 5.74) is 2.84. The van der Waals surface area contributed by atoms with Gasteiger partial charge in [-0.2, -0.15) is 0 Å². The van der Waals surface area contributed by atoms with Crippen LogP contribution in [0.15, 0.2) is 33.8 Å². The minimum absolute atomic E-state index is 0.0134. The maximum Gasteiger partial charge on any atom is 0.264 e. The van der Waals surface area contributed by atoms with Gasteiger partial charge < -0.3 is 9.95 Å². The Balaban J connectivity index is 2.30. The van der Waals surface area contributed by atoms with E-state index in [2.05, 4.69) is 20.3 Å². The van der Waals surface area contributed by atoms with Gasteiger partial charge in [-0.25, -0.2) is 24.0 Å². The largest absolute Gasteiger partial charge is 0.338 e. The molecule has 0 aliphatic rings. The van der Waals surface area contributed by atoms with Crippen LogP contribution in [0.25, 0.3) is 0 Å². The maximum absolute atomic E-state index is 12.0. The zero-order chi connectivity index (χ0) is 13.2. The molecule has 2 aromatic heterocycles. The lowest BCUT2D eigenvalue weighted by Gasteiger charge is -2.05. The molecule has 4 N–H and O–H groups in total. The lowest BCUT2D eigenvalue weighted by Crippen LogP contribution is -2.14. The van der Waals surface area contributed by atoms with E-state index < -0.39 is 10.0 Å². The number of nitrogens with one attached hydrogen (secondary N) is 2.